The van der Waals surface area contributed by atoms with E-state index in [-0.39, 0.29) is 5.38 Å². The minimum atomic E-state index is -0.0781. The first-order chi connectivity index (χ1) is 9.63. The van der Waals surface area contributed by atoms with Crippen molar-refractivity contribution in [3.8, 4) is 11.5 Å². The average molecular weight is 356 g/mol. The largest absolute Gasteiger partial charge is 0.497 e. The van der Waals surface area contributed by atoms with Crippen molar-refractivity contribution in [3.05, 3.63) is 58.1 Å². The normalized spacial score (nSPS) is 12.0. The van der Waals surface area contributed by atoms with Gasteiger partial charge in [-0.2, -0.15) is 0 Å². The summed E-state index contributed by atoms with van der Waals surface area (Å²) in [5, 5.41) is -0.0781. The molecular formula is C16H16BrClO2. The first-order valence-corrected chi connectivity index (χ1v) is 7.47. The molecule has 1 atom stereocenters. The Hall–Kier alpha value is -1.19. The number of hydrogen-bond acceptors (Lipinski definition) is 2. The Bertz CT molecular complexity index is 569. The smallest absolute Gasteiger partial charge is 0.133 e. The molecule has 0 heterocycles. The summed E-state index contributed by atoms with van der Waals surface area (Å²) in [5.74, 6) is 1.66. The molecule has 0 aromatic heterocycles. The van der Waals surface area contributed by atoms with Crippen LogP contribution in [0.2, 0.25) is 0 Å². The lowest BCUT2D eigenvalue weighted by molar-refractivity contribution is 0.412. The minimum Gasteiger partial charge on any atom is -0.497 e. The standard InChI is InChI=1S/C16H16BrClO2/c1-19-13-6-3-11(4-7-13)9-15(18)12-5-8-16(20-2)14(17)10-12/h3-8,10,15H,9H2,1-2H3. The highest BCUT2D eigenvalue weighted by molar-refractivity contribution is 9.10. The molecule has 4 heteroatoms. The van der Waals surface area contributed by atoms with Crippen molar-refractivity contribution in [2.45, 2.75) is 11.8 Å². The van der Waals surface area contributed by atoms with Crippen LogP contribution in [-0.4, -0.2) is 14.2 Å². The van der Waals surface area contributed by atoms with Crippen molar-refractivity contribution in [3.63, 3.8) is 0 Å². The van der Waals surface area contributed by atoms with E-state index in [4.69, 9.17) is 21.1 Å². The summed E-state index contributed by atoms with van der Waals surface area (Å²) in [6.07, 6.45) is 0.768. The summed E-state index contributed by atoms with van der Waals surface area (Å²) in [4.78, 5) is 0. The lowest BCUT2D eigenvalue weighted by atomic mass is 10.0. The number of ether oxygens (including phenoxy) is 2. The van der Waals surface area contributed by atoms with Crippen molar-refractivity contribution in [2.75, 3.05) is 14.2 Å². The van der Waals surface area contributed by atoms with Gasteiger partial charge in [0.2, 0.25) is 0 Å². The number of rotatable bonds is 5. The van der Waals surface area contributed by atoms with Gasteiger partial charge in [0, 0.05) is 0 Å². The fourth-order valence-electron chi connectivity index (χ4n) is 1.96. The first kappa shape index (κ1) is 15.2. The van der Waals surface area contributed by atoms with Crippen LogP contribution >= 0.6 is 27.5 Å². The Morgan fingerprint density at radius 3 is 2.30 bits per heavy atom. The van der Waals surface area contributed by atoms with E-state index in [1.165, 1.54) is 5.56 Å². The van der Waals surface area contributed by atoms with Crippen LogP contribution in [0.3, 0.4) is 0 Å². The van der Waals surface area contributed by atoms with Gasteiger partial charge in [-0.1, -0.05) is 18.2 Å². The predicted octanol–water partition coefficient (Wildman–Crippen LogP) is 4.99. The molecule has 0 saturated carbocycles. The van der Waals surface area contributed by atoms with E-state index in [1.807, 2.05) is 42.5 Å². The molecule has 1 unspecified atom stereocenters. The minimum absolute atomic E-state index is 0.0781. The Kier molecular flexibility index (Phi) is 5.32. The van der Waals surface area contributed by atoms with E-state index in [9.17, 15) is 0 Å². The van der Waals surface area contributed by atoms with Crippen LogP contribution in [0.5, 0.6) is 11.5 Å². The molecule has 0 saturated heterocycles. The third kappa shape index (κ3) is 3.68. The molecule has 0 amide bonds. The lowest BCUT2D eigenvalue weighted by Crippen LogP contribution is -1.97. The van der Waals surface area contributed by atoms with Crippen molar-refractivity contribution >= 4 is 27.5 Å². The summed E-state index contributed by atoms with van der Waals surface area (Å²) in [6, 6.07) is 13.9. The van der Waals surface area contributed by atoms with E-state index < -0.39 is 0 Å². The van der Waals surface area contributed by atoms with Crippen LogP contribution in [0.4, 0.5) is 0 Å². The maximum absolute atomic E-state index is 6.49. The molecule has 0 fully saturated rings. The Labute approximate surface area is 132 Å². The Balaban J connectivity index is 2.10. The summed E-state index contributed by atoms with van der Waals surface area (Å²) in [7, 11) is 3.31. The van der Waals surface area contributed by atoms with Crippen LogP contribution in [-0.2, 0) is 6.42 Å². The molecule has 0 bridgehead atoms. The van der Waals surface area contributed by atoms with E-state index >= 15 is 0 Å². The van der Waals surface area contributed by atoms with E-state index in [0.717, 1.165) is 28.0 Å². The summed E-state index contributed by atoms with van der Waals surface area (Å²) < 4.78 is 11.3. The van der Waals surface area contributed by atoms with Crippen LogP contribution in [0.1, 0.15) is 16.5 Å². The molecule has 2 aromatic rings. The molecule has 0 aliphatic rings. The summed E-state index contributed by atoms with van der Waals surface area (Å²) >= 11 is 9.97. The van der Waals surface area contributed by atoms with Crippen LogP contribution in [0.25, 0.3) is 0 Å². The first-order valence-electron chi connectivity index (χ1n) is 6.24. The zero-order chi connectivity index (χ0) is 14.5. The van der Waals surface area contributed by atoms with Crippen LogP contribution < -0.4 is 9.47 Å². The van der Waals surface area contributed by atoms with Crippen LogP contribution in [0, 0.1) is 0 Å². The molecule has 106 valence electrons. The second-order valence-corrected chi connectivity index (χ2v) is 5.79. The molecule has 2 aromatic carbocycles. The molecule has 0 spiro atoms. The second-order valence-electron chi connectivity index (χ2n) is 4.41. The molecular weight excluding hydrogens is 340 g/mol. The average Bonchev–Trinajstić information content (AvgIpc) is 2.48. The number of benzene rings is 2. The van der Waals surface area contributed by atoms with Gasteiger partial charge in [0.25, 0.3) is 0 Å². The predicted molar refractivity (Wildman–Crippen MR) is 86.0 cm³/mol. The highest BCUT2D eigenvalue weighted by atomic mass is 79.9. The number of halogens is 2. The number of methoxy groups -OCH3 is 2. The third-order valence-corrected chi connectivity index (χ3v) is 4.14. The molecule has 0 N–H and O–H groups in total. The second kappa shape index (κ2) is 7.00. The van der Waals surface area contributed by atoms with E-state index in [0.29, 0.717) is 0 Å². The highest BCUT2D eigenvalue weighted by Gasteiger charge is 2.11. The van der Waals surface area contributed by atoms with Gasteiger partial charge in [-0.3, -0.25) is 0 Å². The molecule has 0 radical (unpaired) electrons. The van der Waals surface area contributed by atoms with E-state index in [1.54, 1.807) is 14.2 Å². The highest BCUT2D eigenvalue weighted by Crippen LogP contribution is 2.32. The van der Waals surface area contributed by atoms with Gasteiger partial charge in [0.05, 0.1) is 24.1 Å². The molecule has 0 aliphatic carbocycles. The quantitative estimate of drug-likeness (QED) is 0.704. The summed E-state index contributed by atoms with van der Waals surface area (Å²) in [5.41, 5.74) is 2.24. The number of alkyl halides is 1. The van der Waals surface area contributed by atoms with Gasteiger partial charge in [-0.25, -0.2) is 0 Å². The van der Waals surface area contributed by atoms with Gasteiger partial charge in [-0.15, -0.1) is 11.6 Å². The molecule has 20 heavy (non-hydrogen) atoms. The van der Waals surface area contributed by atoms with Crippen molar-refractivity contribution < 1.29 is 9.47 Å². The molecule has 2 nitrogen and oxygen atoms in total. The van der Waals surface area contributed by atoms with Crippen molar-refractivity contribution in [1.82, 2.24) is 0 Å². The van der Waals surface area contributed by atoms with Crippen molar-refractivity contribution in [2.24, 2.45) is 0 Å². The molecule has 0 aliphatic heterocycles. The summed E-state index contributed by atoms with van der Waals surface area (Å²) in [6.45, 7) is 0. The SMILES string of the molecule is COc1ccc(CC(Cl)c2ccc(OC)c(Br)c2)cc1. The van der Waals surface area contributed by atoms with Gasteiger partial charge >= 0.3 is 0 Å². The van der Waals surface area contributed by atoms with E-state index in [2.05, 4.69) is 15.9 Å². The Morgan fingerprint density at radius 1 is 1.05 bits per heavy atom. The van der Waals surface area contributed by atoms with Gasteiger partial charge in [0.15, 0.2) is 0 Å². The zero-order valence-electron chi connectivity index (χ0n) is 11.4. The van der Waals surface area contributed by atoms with Crippen LogP contribution in [0.15, 0.2) is 46.9 Å². The number of hydrogen-bond donors (Lipinski definition) is 0. The third-order valence-electron chi connectivity index (χ3n) is 3.11. The Morgan fingerprint density at radius 2 is 1.75 bits per heavy atom. The fraction of sp³-hybridized carbons (Fsp3) is 0.250. The van der Waals surface area contributed by atoms with Gasteiger partial charge < -0.3 is 9.47 Å². The maximum atomic E-state index is 6.49. The van der Waals surface area contributed by atoms with Crippen molar-refractivity contribution in [1.29, 1.82) is 0 Å². The topological polar surface area (TPSA) is 18.5 Å². The maximum Gasteiger partial charge on any atom is 0.133 e. The van der Waals surface area contributed by atoms with Gasteiger partial charge in [-0.05, 0) is 57.7 Å². The fourth-order valence-corrected chi connectivity index (χ4v) is 2.84. The lowest BCUT2D eigenvalue weighted by Gasteiger charge is -2.12. The zero-order valence-corrected chi connectivity index (χ0v) is 13.7. The monoisotopic (exact) mass is 354 g/mol. The van der Waals surface area contributed by atoms with Gasteiger partial charge in [0.1, 0.15) is 11.5 Å². The molecule has 2 rings (SSSR count).